The van der Waals surface area contributed by atoms with Gasteiger partial charge in [0.25, 0.3) is 0 Å². The zero-order valence-electron chi connectivity index (χ0n) is 9.85. The molecule has 0 aromatic heterocycles. The molecule has 0 bridgehead atoms. The summed E-state index contributed by atoms with van der Waals surface area (Å²) in [6.07, 6.45) is -0.293. The molecule has 0 unspecified atom stereocenters. The van der Waals surface area contributed by atoms with E-state index in [0.717, 1.165) is 16.9 Å². The van der Waals surface area contributed by atoms with Crippen molar-refractivity contribution in [2.45, 2.75) is 13.2 Å². The van der Waals surface area contributed by atoms with Crippen molar-refractivity contribution in [2.24, 2.45) is 0 Å². The number of hydrogen-bond donors (Lipinski definition) is 1. The normalized spacial score (nSPS) is 18.2. The summed E-state index contributed by atoms with van der Waals surface area (Å²) in [7, 11) is 0. The predicted octanol–water partition coefficient (Wildman–Crippen LogP) is 1.09. The monoisotopic (exact) mass is 250 g/mol. The van der Waals surface area contributed by atoms with E-state index in [-0.39, 0.29) is 12.9 Å². The first-order chi connectivity index (χ1) is 8.74. The molecule has 1 saturated heterocycles. The van der Waals surface area contributed by atoms with Gasteiger partial charge in [0.1, 0.15) is 12.4 Å². The van der Waals surface area contributed by atoms with Gasteiger partial charge in [0.05, 0.1) is 19.7 Å². The Bertz CT molecular complexity index is 489. The van der Waals surface area contributed by atoms with Crippen LogP contribution in [0.2, 0.25) is 0 Å². The molecule has 0 saturated carbocycles. The Hall–Kier alpha value is -1.95. The zero-order chi connectivity index (χ0) is 12.5. The van der Waals surface area contributed by atoms with Gasteiger partial charge in [-0.2, -0.15) is 0 Å². The molecule has 3 rings (SSSR count). The van der Waals surface area contributed by atoms with Gasteiger partial charge in [-0.25, -0.2) is 4.79 Å². The van der Waals surface area contributed by atoms with Crippen LogP contribution in [0.3, 0.4) is 0 Å². The van der Waals surface area contributed by atoms with Crippen LogP contribution in [0.25, 0.3) is 0 Å². The molecule has 0 radical (unpaired) electrons. The van der Waals surface area contributed by atoms with Gasteiger partial charge < -0.3 is 24.8 Å². The number of carbonyl (C=O) groups is 1. The number of rotatable bonds is 2. The van der Waals surface area contributed by atoms with Crippen LogP contribution in [0.15, 0.2) is 12.1 Å². The van der Waals surface area contributed by atoms with Crippen molar-refractivity contribution in [1.29, 1.82) is 0 Å². The lowest BCUT2D eigenvalue weighted by atomic mass is 10.1. The smallest absolute Gasteiger partial charge is 0.410 e. The Morgan fingerprint density at radius 3 is 3.00 bits per heavy atom. The van der Waals surface area contributed by atoms with Gasteiger partial charge in [-0.15, -0.1) is 0 Å². The second kappa shape index (κ2) is 4.38. The Labute approximate surface area is 104 Å². The van der Waals surface area contributed by atoms with Crippen LogP contribution in [-0.2, 0) is 22.6 Å². The number of benzene rings is 1. The maximum atomic E-state index is 11.4. The van der Waals surface area contributed by atoms with Gasteiger partial charge in [-0.1, -0.05) is 0 Å². The van der Waals surface area contributed by atoms with Crippen molar-refractivity contribution in [3.63, 3.8) is 0 Å². The number of nitrogens with two attached hydrogens (primary N) is 1. The molecule has 18 heavy (non-hydrogen) atoms. The molecule has 1 aromatic carbocycles. The molecule has 6 heteroatoms. The maximum Gasteiger partial charge on any atom is 0.410 e. The van der Waals surface area contributed by atoms with Gasteiger partial charge in [-0.3, -0.25) is 0 Å². The second-order valence-corrected chi connectivity index (χ2v) is 4.31. The number of carbonyl (C=O) groups excluding carboxylic acids is 1. The van der Waals surface area contributed by atoms with E-state index in [0.29, 0.717) is 32.0 Å². The van der Waals surface area contributed by atoms with E-state index in [1.165, 1.54) is 0 Å². The molecule has 6 nitrogen and oxygen atoms in total. The summed E-state index contributed by atoms with van der Waals surface area (Å²) in [5.74, 6) is 0.773. The lowest BCUT2D eigenvalue weighted by Crippen LogP contribution is -2.25. The number of anilines is 1. The van der Waals surface area contributed by atoms with Gasteiger partial charge in [-0.05, 0) is 12.1 Å². The molecule has 2 heterocycles. The molecule has 96 valence electrons. The molecule has 0 atom stereocenters. The summed E-state index contributed by atoms with van der Waals surface area (Å²) in [5, 5.41) is 0. The highest BCUT2D eigenvalue weighted by Crippen LogP contribution is 2.32. The van der Waals surface area contributed by atoms with Gasteiger partial charge in [0, 0.05) is 16.8 Å². The number of ether oxygens (including phenoxy) is 3. The molecule has 2 aliphatic heterocycles. The lowest BCUT2D eigenvalue weighted by molar-refractivity contribution is -0.0172. The van der Waals surface area contributed by atoms with Crippen LogP contribution in [0, 0.1) is 0 Å². The lowest BCUT2D eigenvalue weighted by Gasteiger charge is -2.23. The third-order valence-corrected chi connectivity index (χ3v) is 3.02. The first-order valence-corrected chi connectivity index (χ1v) is 5.77. The van der Waals surface area contributed by atoms with Gasteiger partial charge in [0.2, 0.25) is 0 Å². The molecule has 1 amide bonds. The SMILES string of the molecule is Nc1cc2c(c(CN3CCOC3=O)c1)OCOC2. The van der Waals surface area contributed by atoms with E-state index in [9.17, 15) is 4.79 Å². The van der Waals surface area contributed by atoms with Crippen LogP contribution in [-0.4, -0.2) is 30.9 Å². The number of hydrogen-bond acceptors (Lipinski definition) is 5. The molecule has 0 aliphatic carbocycles. The minimum Gasteiger partial charge on any atom is -0.467 e. The molecule has 2 N–H and O–H groups in total. The fraction of sp³-hybridized carbons (Fsp3) is 0.417. The van der Waals surface area contributed by atoms with Crippen molar-refractivity contribution in [2.75, 3.05) is 25.7 Å². The average Bonchev–Trinajstić information content (AvgIpc) is 2.75. The minimum absolute atomic E-state index is 0.231. The topological polar surface area (TPSA) is 74.0 Å². The number of fused-ring (bicyclic) bond motifs is 1. The number of nitrogens with zero attached hydrogens (tertiary/aromatic N) is 1. The maximum absolute atomic E-state index is 11.4. The highest BCUT2D eigenvalue weighted by Gasteiger charge is 2.25. The molecular formula is C12H14N2O4. The van der Waals surface area contributed by atoms with E-state index in [1.807, 2.05) is 12.1 Å². The number of nitrogen functional groups attached to an aromatic ring is 1. The quantitative estimate of drug-likeness (QED) is 0.795. The zero-order valence-corrected chi connectivity index (χ0v) is 9.85. The van der Waals surface area contributed by atoms with Crippen LogP contribution in [0.1, 0.15) is 11.1 Å². The van der Waals surface area contributed by atoms with E-state index in [1.54, 1.807) is 4.90 Å². The molecule has 0 spiro atoms. The summed E-state index contributed by atoms with van der Waals surface area (Å²) in [6.45, 7) is 2.20. The fourth-order valence-corrected chi connectivity index (χ4v) is 2.22. The highest BCUT2D eigenvalue weighted by molar-refractivity contribution is 5.69. The summed E-state index contributed by atoms with van der Waals surface area (Å²) in [5.41, 5.74) is 8.31. The van der Waals surface area contributed by atoms with E-state index < -0.39 is 0 Å². The first kappa shape index (κ1) is 11.2. The van der Waals surface area contributed by atoms with Gasteiger partial charge >= 0.3 is 6.09 Å². The largest absolute Gasteiger partial charge is 0.467 e. The summed E-state index contributed by atoms with van der Waals surface area (Å²) < 4.78 is 15.6. The Morgan fingerprint density at radius 1 is 1.33 bits per heavy atom. The van der Waals surface area contributed by atoms with E-state index >= 15 is 0 Å². The fourth-order valence-electron chi connectivity index (χ4n) is 2.22. The highest BCUT2D eigenvalue weighted by atomic mass is 16.7. The van der Waals surface area contributed by atoms with E-state index in [4.69, 9.17) is 19.9 Å². The second-order valence-electron chi connectivity index (χ2n) is 4.31. The number of amides is 1. The van der Waals surface area contributed by atoms with Crippen LogP contribution < -0.4 is 10.5 Å². The summed E-state index contributed by atoms with van der Waals surface area (Å²) in [4.78, 5) is 13.1. The Balaban J connectivity index is 1.90. The Kier molecular flexibility index (Phi) is 2.71. The standard InChI is InChI=1S/C12H14N2O4/c13-10-3-8(5-14-1-2-17-12(14)15)11-9(4-10)6-16-7-18-11/h3-4H,1-2,5-7,13H2. The molecule has 1 aromatic rings. The van der Waals surface area contributed by atoms with Crippen molar-refractivity contribution in [3.05, 3.63) is 23.3 Å². The van der Waals surface area contributed by atoms with Crippen molar-refractivity contribution >= 4 is 11.8 Å². The van der Waals surface area contributed by atoms with Crippen LogP contribution >= 0.6 is 0 Å². The summed E-state index contributed by atoms with van der Waals surface area (Å²) >= 11 is 0. The average molecular weight is 250 g/mol. The van der Waals surface area contributed by atoms with Crippen molar-refractivity contribution in [3.8, 4) is 5.75 Å². The van der Waals surface area contributed by atoms with Crippen LogP contribution in [0.4, 0.5) is 10.5 Å². The molecular weight excluding hydrogens is 236 g/mol. The van der Waals surface area contributed by atoms with Crippen LogP contribution in [0.5, 0.6) is 5.75 Å². The van der Waals surface area contributed by atoms with Gasteiger partial charge in [0.15, 0.2) is 6.79 Å². The minimum atomic E-state index is -0.293. The molecule has 1 fully saturated rings. The van der Waals surface area contributed by atoms with E-state index in [2.05, 4.69) is 0 Å². The first-order valence-electron chi connectivity index (χ1n) is 5.77. The third-order valence-electron chi connectivity index (χ3n) is 3.02. The van der Waals surface area contributed by atoms with Crippen molar-refractivity contribution < 1.29 is 19.0 Å². The molecule has 2 aliphatic rings. The number of cyclic esters (lactones) is 1. The van der Waals surface area contributed by atoms with Crippen molar-refractivity contribution in [1.82, 2.24) is 4.90 Å². The predicted molar refractivity (Wildman–Crippen MR) is 62.9 cm³/mol. The summed E-state index contributed by atoms with van der Waals surface area (Å²) in [6, 6.07) is 3.66. The Morgan fingerprint density at radius 2 is 2.22 bits per heavy atom. The third kappa shape index (κ3) is 1.95.